The van der Waals surface area contributed by atoms with Crippen molar-refractivity contribution in [3.8, 4) is 0 Å². The van der Waals surface area contributed by atoms with Crippen molar-refractivity contribution in [3.05, 3.63) is 47.8 Å². The molecular weight excluding hydrogens is 240 g/mol. The lowest BCUT2D eigenvalue weighted by Crippen LogP contribution is -2.05. The molecule has 1 aromatic carbocycles. The van der Waals surface area contributed by atoms with Gasteiger partial charge >= 0.3 is 5.97 Å². The maximum absolute atomic E-state index is 11.8. The van der Waals surface area contributed by atoms with E-state index in [1.54, 1.807) is 6.20 Å². The maximum atomic E-state index is 11.8. The molecule has 0 fully saturated rings. The Bertz CT molecular complexity index is 723. The number of hydrogen-bond acceptors (Lipinski definition) is 3. The molecule has 96 valence electrons. The fourth-order valence-electron chi connectivity index (χ4n) is 2.39. The van der Waals surface area contributed by atoms with Gasteiger partial charge in [-0.15, -0.1) is 0 Å². The van der Waals surface area contributed by atoms with Gasteiger partial charge in [0.05, 0.1) is 18.4 Å². The number of fused-ring (bicyclic) bond motifs is 1. The Morgan fingerprint density at radius 2 is 2.26 bits per heavy atom. The highest BCUT2D eigenvalue weighted by molar-refractivity contribution is 6.13. The number of rotatable bonds is 2. The van der Waals surface area contributed by atoms with Crippen LogP contribution in [0.2, 0.25) is 0 Å². The number of aromatic nitrogens is 1. The number of carbonyl (C=O) groups excluding carboxylic acids is 1. The molecule has 0 amide bonds. The summed E-state index contributed by atoms with van der Waals surface area (Å²) in [4.78, 5) is 16.1. The Hall–Kier alpha value is -2.36. The highest BCUT2D eigenvalue weighted by Crippen LogP contribution is 2.25. The summed E-state index contributed by atoms with van der Waals surface area (Å²) in [5.74, 6) is -0.323. The normalized spacial score (nSPS) is 13.9. The molecule has 1 aliphatic heterocycles. The smallest absolute Gasteiger partial charge is 0.337 e. The molecule has 0 spiro atoms. The van der Waals surface area contributed by atoms with E-state index in [4.69, 9.17) is 4.74 Å². The molecule has 2 aromatic rings. The molecular formula is C15H14N2O2. The maximum Gasteiger partial charge on any atom is 0.337 e. The van der Waals surface area contributed by atoms with E-state index >= 15 is 0 Å². The van der Waals surface area contributed by atoms with Crippen molar-refractivity contribution in [2.24, 2.45) is 12.0 Å². The molecule has 4 heteroatoms. The molecule has 0 radical (unpaired) electrons. The number of carbonyl (C=O) groups is 1. The highest BCUT2D eigenvalue weighted by atomic mass is 16.5. The standard InChI is InChI=1S/C15H14N2O2/c1-17-7-5-11-12(13-4-3-6-16-13)8-10(9-14(11)17)15(18)19-2/h3,5-9H,4H2,1-2H3. The third-order valence-electron chi connectivity index (χ3n) is 3.38. The Morgan fingerprint density at radius 3 is 2.95 bits per heavy atom. The fourth-order valence-corrected chi connectivity index (χ4v) is 2.39. The van der Waals surface area contributed by atoms with E-state index in [-0.39, 0.29) is 5.97 Å². The van der Waals surface area contributed by atoms with Gasteiger partial charge in [0.15, 0.2) is 0 Å². The van der Waals surface area contributed by atoms with Crippen LogP contribution in [0, 0.1) is 0 Å². The summed E-state index contributed by atoms with van der Waals surface area (Å²) in [6, 6.07) is 5.76. The SMILES string of the molecule is COC(=O)c1cc(C2=NC=CC2)c2ccn(C)c2c1. The van der Waals surface area contributed by atoms with Gasteiger partial charge in [-0.3, -0.25) is 4.99 Å². The monoisotopic (exact) mass is 254 g/mol. The van der Waals surface area contributed by atoms with Crippen molar-refractivity contribution in [2.75, 3.05) is 7.11 Å². The summed E-state index contributed by atoms with van der Waals surface area (Å²) >= 11 is 0. The Morgan fingerprint density at radius 1 is 1.42 bits per heavy atom. The zero-order valence-electron chi connectivity index (χ0n) is 10.9. The lowest BCUT2D eigenvalue weighted by atomic mass is 10.0. The second-order valence-corrected chi connectivity index (χ2v) is 4.54. The van der Waals surface area contributed by atoms with Gasteiger partial charge in [-0.05, 0) is 18.2 Å². The first kappa shape index (κ1) is 11.7. The molecule has 1 aliphatic rings. The molecule has 0 saturated carbocycles. The fraction of sp³-hybridized carbons (Fsp3) is 0.200. The molecule has 3 rings (SSSR count). The average molecular weight is 254 g/mol. The molecule has 1 aromatic heterocycles. The van der Waals surface area contributed by atoms with E-state index in [1.807, 2.05) is 42.1 Å². The summed E-state index contributed by atoms with van der Waals surface area (Å²) in [6.45, 7) is 0. The predicted molar refractivity (Wildman–Crippen MR) is 74.6 cm³/mol. The largest absolute Gasteiger partial charge is 0.465 e. The Labute approximate surface area is 111 Å². The lowest BCUT2D eigenvalue weighted by molar-refractivity contribution is 0.0601. The van der Waals surface area contributed by atoms with E-state index in [2.05, 4.69) is 4.99 Å². The van der Waals surface area contributed by atoms with Gasteiger partial charge in [0, 0.05) is 42.3 Å². The molecule has 0 aliphatic carbocycles. The number of allylic oxidation sites excluding steroid dienone is 1. The summed E-state index contributed by atoms with van der Waals surface area (Å²) in [5.41, 5.74) is 3.55. The number of aliphatic imine (C=N–C) groups is 1. The van der Waals surface area contributed by atoms with Gasteiger partial charge in [-0.1, -0.05) is 6.08 Å². The van der Waals surface area contributed by atoms with Crippen LogP contribution in [-0.2, 0) is 11.8 Å². The Kier molecular flexibility index (Phi) is 2.71. The topological polar surface area (TPSA) is 43.6 Å². The van der Waals surface area contributed by atoms with Crippen molar-refractivity contribution in [1.29, 1.82) is 0 Å². The van der Waals surface area contributed by atoms with Crippen molar-refractivity contribution >= 4 is 22.6 Å². The van der Waals surface area contributed by atoms with E-state index in [0.29, 0.717) is 5.56 Å². The summed E-state index contributed by atoms with van der Waals surface area (Å²) in [5, 5.41) is 1.11. The van der Waals surface area contributed by atoms with Crippen LogP contribution in [0.1, 0.15) is 22.3 Å². The van der Waals surface area contributed by atoms with Crippen molar-refractivity contribution in [1.82, 2.24) is 4.57 Å². The summed E-state index contributed by atoms with van der Waals surface area (Å²) in [7, 11) is 3.35. The van der Waals surface area contributed by atoms with Gasteiger partial charge in [0.25, 0.3) is 0 Å². The first-order chi connectivity index (χ1) is 9.20. The van der Waals surface area contributed by atoms with Crippen LogP contribution < -0.4 is 0 Å². The van der Waals surface area contributed by atoms with E-state index in [1.165, 1.54) is 7.11 Å². The third-order valence-corrected chi connectivity index (χ3v) is 3.38. The molecule has 19 heavy (non-hydrogen) atoms. The van der Waals surface area contributed by atoms with Gasteiger partial charge in [-0.25, -0.2) is 4.79 Å². The second kappa shape index (κ2) is 4.39. The quantitative estimate of drug-likeness (QED) is 0.773. The van der Waals surface area contributed by atoms with Crippen LogP contribution in [0.4, 0.5) is 0 Å². The number of esters is 1. The number of methoxy groups -OCH3 is 1. The highest BCUT2D eigenvalue weighted by Gasteiger charge is 2.16. The summed E-state index contributed by atoms with van der Waals surface area (Å²) < 4.78 is 6.81. The van der Waals surface area contributed by atoms with Gasteiger partial charge in [0.2, 0.25) is 0 Å². The molecule has 0 unspecified atom stereocenters. The van der Waals surface area contributed by atoms with Crippen LogP contribution in [0.25, 0.3) is 10.9 Å². The number of benzene rings is 1. The first-order valence-corrected chi connectivity index (χ1v) is 6.10. The number of hydrogen-bond donors (Lipinski definition) is 0. The minimum Gasteiger partial charge on any atom is -0.465 e. The van der Waals surface area contributed by atoms with E-state index < -0.39 is 0 Å². The zero-order valence-corrected chi connectivity index (χ0v) is 10.9. The first-order valence-electron chi connectivity index (χ1n) is 6.10. The average Bonchev–Trinajstić information content (AvgIpc) is 3.07. The Balaban J connectivity index is 2.26. The van der Waals surface area contributed by atoms with Crippen molar-refractivity contribution in [2.45, 2.75) is 6.42 Å². The molecule has 0 atom stereocenters. The molecule has 0 bridgehead atoms. The molecule has 0 saturated heterocycles. The van der Waals surface area contributed by atoms with E-state index in [0.717, 1.165) is 28.6 Å². The van der Waals surface area contributed by atoms with Gasteiger partial charge < -0.3 is 9.30 Å². The number of aryl methyl sites for hydroxylation is 1. The zero-order chi connectivity index (χ0) is 13.4. The van der Waals surface area contributed by atoms with Crippen LogP contribution >= 0.6 is 0 Å². The minimum atomic E-state index is -0.323. The minimum absolute atomic E-state index is 0.323. The van der Waals surface area contributed by atoms with Crippen LogP contribution in [0.3, 0.4) is 0 Å². The van der Waals surface area contributed by atoms with Gasteiger partial charge in [0.1, 0.15) is 0 Å². The second-order valence-electron chi connectivity index (χ2n) is 4.54. The van der Waals surface area contributed by atoms with E-state index in [9.17, 15) is 4.79 Å². The van der Waals surface area contributed by atoms with Crippen molar-refractivity contribution < 1.29 is 9.53 Å². The van der Waals surface area contributed by atoms with Crippen LogP contribution in [0.15, 0.2) is 41.7 Å². The molecule has 0 N–H and O–H groups in total. The van der Waals surface area contributed by atoms with Crippen LogP contribution in [-0.4, -0.2) is 23.4 Å². The number of nitrogens with zero attached hydrogens (tertiary/aromatic N) is 2. The van der Waals surface area contributed by atoms with Crippen LogP contribution in [0.5, 0.6) is 0 Å². The summed E-state index contributed by atoms with van der Waals surface area (Å²) in [6.07, 6.45) is 6.59. The van der Waals surface area contributed by atoms with Crippen molar-refractivity contribution in [3.63, 3.8) is 0 Å². The molecule has 2 heterocycles. The number of ether oxygens (including phenoxy) is 1. The molecule has 4 nitrogen and oxygen atoms in total. The lowest BCUT2D eigenvalue weighted by Gasteiger charge is -2.08. The predicted octanol–water partition coefficient (Wildman–Crippen LogP) is 2.67. The van der Waals surface area contributed by atoms with Gasteiger partial charge in [-0.2, -0.15) is 0 Å². The third kappa shape index (κ3) is 1.85.